The number of halogens is 1. The third kappa shape index (κ3) is 5.65. The Hall–Kier alpha value is -1.75. The van der Waals surface area contributed by atoms with Gasteiger partial charge >= 0.3 is 0 Å². The number of rotatable bonds is 6. The Balaban J connectivity index is 1.23. The molecule has 0 aromatic heterocycles. The van der Waals surface area contributed by atoms with E-state index in [1.54, 1.807) is 6.07 Å². The second-order valence-electron chi connectivity index (χ2n) is 8.80. The summed E-state index contributed by atoms with van der Waals surface area (Å²) in [5.41, 5.74) is 8.91. The van der Waals surface area contributed by atoms with Crippen molar-refractivity contribution >= 4 is 0 Å². The van der Waals surface area contributed by atoms with E-state index in [2.05, 4.69) is 41.3 Å². The topological polar surface area (TPSA) is 38.5 Å². The van der Waals surface area contributed by atoms with Crippen molar-refractivity contribution in [3.05, 3.63) is 71.5 Å². The van der Waals surface area contributed by atoms with Crippen LogP contribution in [0.5, 0.6) is 0 Å². The Bertz CT molecular complexity index is 760. The highest BCUT2D eigenvalue weighted by molar-refractivity contribution is 5.21. The largest absolute Gasteiger partial charge is 0.378 e. The highest BCUT2D eigenvalue weighted by Gasteiger charge is 2.29. The molecule has 156 valence electrons. The Kier molecular flexibility index (Phi) is 6.96. The first kappa shape index (κ1) is 20.5. The summed E-state index contributed by atoms with van der Waals surface area (Å²) < 4.78 is 19.8. The second kappa shape index (κ2) is 9.84. The summed E-state index contributed by atoms with van der Waals surface area (Å²) in [7, 11) is 0. The van der Waals surface area contributed by atoms with E-state index in [-0.39, 0.29) is 11.9 Å². The van der Waals surface area contributed by atoms with Crippen molar-refractivity contribution in [1.82, 2.24) is 4.90 Å². The average Bonchev–Trinajstić information content (AvgIpc) is 2.75. The number of likely N-dealkylation sites (tertiary alicyclic amines) is 1. The molecule has 2 atom stereocenters. The third-order valence-corrected chi connectivity index (χ3v) is 6.67. The average molecular weight is 397 g/mol. The molecule has 1 aliphatic carbocycles. The minimum absolute atomic E-state index is 0.132. The molecule has 4 heteroatoms. The molecule has 1 aliphatic heterocycles. The van der Waals surface area contributed by atoms with Crippen LogP contribution < -0.4 is 5.73 Å². The summed E-state index contributed by atoms with van der Waals surface area (Å²) in [6.45, 7) is 3.81. The molecule has 4 rings (SSSR count). The SMILES string of the molecule is N[C@H]1CCN(Cc2ccccc2)CC1COC1CCC(c2cccc(F)c2)CC1. The quantitative estimate of drug-likeness (QED) is 0.768. The second-order valence-corrected chi connectivity index (χ2v) is 8.80. The van der Waals surface area contributed by atoms with Crippen LogP contribution in [0.3, 0.4) is 0 Å². The van der Waals surface area contributed by atoms with Crippen molar-refractivity contribution in [2.24, 2.45) is 11.7 Å². The molecule has 1 saturated carbocycles. The molecule has 2 aromatic carbocycles. The Morgan fingerprint density at radius 2 is 1.76 bits per heavy atom. The first-order valence-electron chi connectivity index (χ1n) is 11.1. The van der Waals surface area contributed by atoms with E-state index in [1.807, 2.05) is 6.07 Å². The third-order valence-electron chi connectivity index (χ3n) is 6.67. The van der Waals surface area contributed by atoms with Gasteiger partial charge in [-0.25, -0.2) is 4.39 Å². The van der Waals surface area contributed by atoms with Gasteiger partial charge in [-0.2, -0.15) is 0 Å². The van der Waals surface area contributed by atoms with Gasteiger partial charge in [0.1, 0.15) is 5.82 Å². The lowest BCUT2D eigenvalue weighted by molar-refractivity contribution is -0.0162. The summed E-state index contributed by atoms with van der Waals surface area (Å²) >= 11 is 0. The van der Waals surface area contributed by atoms with Crippen molar-refractivity contribution in [1.29, 1.82) is 0 Å². The summed E-state index contributed by atoms with van der Waals surface area (Å²) in [4.78, 5) is 2.51. The lowest BCUT2D eigenvalue weighted by Gasteiger charge is -2.38. The molecule has 3 nitrogen and oxygen atoms in total. The van der Waals surface area contributed by atoms with Gasteiger partial charge in [-0.3, -0.25) is 4.90 Å². The molecule has 1 heterocycles. The van der Waals surface area contributed by atoms with Gasteiger partial charge in [0.25, 0.3) is 0 Å². The van der Waals surface area contributed by atoms with Gasteiger partial charge in [0.15, 0.2) is 0 Å². The molecule has 29 heavy (non-hydrogen) atoms. The van der Waals surface area contributed by atoms with E-state index in [1.165, 1.54) is 11.6 Å². The highest BCUT2D eigenvalue weighted by Crippen LogP contribution is 2.34. The molecule has 2 N–H and O–H groups in total. The maximum absolute atomic E-state index is 13.5. The van der Waals surface area contributed by atoms with E-state index >= 15 is 0 Å². The van der Waals surface area contributed by atoms with Crippen LogP contribution >= 0.6 is 0 Å². The summed E-state index contributed by atoms with van der Waals surface area (Å²) in [5, 5.41) is 0. The van der Waals surface area contributed by atoms with Crippen LogP contribution in [0.1, 0.15) is 49.1 Å². The first-order valence-corrected chi connectivity index (χ1v) is 11.1. The summed E-state index contributed by atoms with van der Waals surface area (Å²) in [6, 6.07) is 18.0. The van der Waals surface area contributed by atoms with Gasteiger partial charge in [-0.15, -0.1) is 0 Å². The zero-order chi connectivity index (χ0) is 20.1. The molecular weight excluding hydrogens is 363 g/mol. The van der Waals surface area contributed by atoms with Crippen molar-refractivity contribution < 1.29 is 9.13 Å². The van der Waals surface area contributed by atoms with Gasteiger partial charge in [0.05, 0.1) is 12.7 Å². The number of hydrogen-bond acceptors (Lipinski definition) is 3. The number of benzene rings is 2. The first-order chi connectivity index (χ1) is 14.2. The number of hydrogen-bond donors (Lipinski definition) is 1. The highest BCUT2D eigenvalue weighted by atomic mass is 19.1. The zero-order valence-electron chi connectivity index (χ0n) is 17.2. The van der Waals surface area contributed by atoms with Crippen LogP contribution in [0, 0.1) is 11.7 Å². The molecule has 0 amide bonds. The Labute approximate surface area is 174 Å². The lowest BCUT2D eigenvalue weighted by atomic mass is 9.82. The van der Waals surface area contributed by atoms with Gasteiger partial charge in [0.2, 0.25) is 0 Å². The van der Waals surface area contributed by atoms with Gasteiger partial charge in [-0.05, 0) is 67.8 Å². The molecular formula is C25H33FN2O. The van der Waals surface area contributed by atoms with Crippen molar-refractivity contribution in [3.63, 3.8) is 0 Å². The fourth-order valence-electron chi connectivity index (χ4n) is 4.87. The van der Waals surface area contributed by atoms with Crippen LogP contribution in [0.2, 0.25) is 0 Å². The lowest BCUT2D eigenvalue weighted by Crippen LogP contribution is -2.48. The minimum Gasteiger partial charge on any atom is -0.378 e. The maximum Gasteiger partial charge on any atom is 0.123 e. The van der Waals surface area contributed by atoms with Crippen LogP contribution in [-0.4, -0.2) is 36.7 Å². The van der Waals surface area contributed by atoms with Crippen LogP contribution in [0.4, 0.5) is 4.39 Å². The number of piperidine rings is 1. The smallest absolute Gasteiger partial charge is 0.123 e. The molecule has 1 saturated heterocycles. The number of nitrogens with two attached hydrogens (primary N) is 1. The van der Waals surface area contributed by atoms with Gasteiger partial charge in [0, 0.05) is 25.0 Å². The normalized spacial score (nSPS) is 28.3. The van der Waals surface area contributed by atoms with Crippen molar-refractivity contribution in [2.75, 3.05) is 19.7 Å². The molecule has 0 radical (unpaired) electrons. The summed E-state index contributed by atoms with van der Waals surface area (Å²) in [5.74, 6) is 0.726. The molecule has 2 fully saturated rings. The molecule has 1 unspecified atom stereocenters. The number of nitrogens with zero attached hydrogens (tertiary/aromatic N) is 1. The Morgan fingerprint density at radius 3 is 2.52 bits per heavy atom. The molecule has 0 bridgehead atoms. The van der Waals surface area contributed by atoms with E-state index in [9.17, 15) is 4.39 Å². The number of ether oxygens (including phenoxy) is 1. The monoisotopic (exact) mass is 396 g/mol. The van der Waals surface area contributed by atoms with Crippen molar-refractivity contribution in [2.45, 2.75) is 56.7 Å². The van der Waals surface area contributed by atoms with Crippen LogP contribution in [0.15, 0.2) is 54.6 Å². The van der Waals surface area contributed by atoms with E-state index < -0.39 is 0 Å². The Morgan fingerprint density at radius 1 is 0.966 bits per heavy atom. The summed E-state index contributed by atoms with van der Waals surface area (Å²) in [6.07, 6.45) is 5.60. The van der Waals surface area contributed by atoms with Crippen molar-refractivity contribution in [3.8, 4) is 0 Å². The van der Waals surface area contributed by atoms with E-state index in [0.29, 0.717) is 17.9 Å². The fraction of sp³-hybridized carbons (Fsp3) is 0.520. The molecule has 0 spiro atoms. The molecule has 2 aliphatic rings. The fourth-order valence-corrected chi connectivity index (χ4v) is 4.87. The standard InChI is InChI=1S/C25H33FN2O/c26-23-8-4-7-21(15-23)20-9-11-24(12-10-20)29-18-22-17-28(14-13-25(22)27)16-19-5-2-1-3-6-19/h1-8,15,20,22,24-25H,9-14,16-18,27H2/t20?,22?,24?,25-/m0/s1. The van der Waals surface area contributed by atoms with Gasteiger partial charge < -0.3 is 10.5 Å². The predicted octanol–water partition coefficient (Wildman–Crippen LogP) is 4.72. The van der Waals surface area contributed by atoms with Gasteiger partial charge in [-0.1, -0.05) is 42.5 Å². The predicted molar refractivity (Wildman–Crippen MR) is 115 cm³/mol. The van der Waals surface area contributed by atoms with Crippen LogP contribution in [-0.2, 0) is 11.3 Å². The van der Waals surface area contributed by atoms with E-state index in [4.69, 9.17) is 10.5 Å². The van der Waals surface area contributed by atoms with E-state index in [0.717, 1.165) is 63.9 Å². The maximum atomic E-state index is 13.5. The minimum atomic E-state index is -0.132. The van der Waals surface area contributed by atoms with Crippen LogP contribution in [0.25, 0.3) is 0 Å². The zero-order valence-corrected chi connectivity index (χ0v) is 17.2. The molecule has 2 aromatic rings.